The fraction of sp³-hybridized carbons (Fsp3) is 0.214. The zero-order valence-corrected chi connectivity index (χ0v) is 10.6. The maximum atomic E-state index is 11.3. The van der Waals surface area contributed by atoms with Crippen molar-refractivity contribution in [2.24, 2.45) is 0 Å². The summed E-state index contributed by atoms with van der Waals surface area (Å²) in [5.41, 5.74) is 0.733. The first-order valence-corrected chi connectivity index (χ1v) is 5.87. The van der Waals surface area contributed by atoms with Crippen LogP contribution in [-0.4, -0.2) is 31.3 Å². The largest absolute Gasteiger partial charge is 0.497 e. The number of aliphatic hydroxyl groups is 1. The number of hydrogen-bond acceptors (Lipinski definition) is 4. The smallest absolute Gasteiger partial charge is 0.244 e. The lowest BCUT2D eigenvalue weighted by molar-refractivity contribution is -0.116. The molecule has 0 spiro atoms. The Kier molecular flexibility index (Phi) is 4.20. The van der Waals surface area contributed by atoms with Gasteiger partial charge in [0.05, 0.1) is 13.7 Å². The molecule has 5 nitrogen and oxygen atoms in total. The van der Waals surface area contributed by atoms with Crippen molar-refractivity contribution in [1.29, 1.82) is 0 Å². The average Bonchev–Trinajstić information content (AvgIpc) is 2.84. The van der Waals surface area contributed by atoms with Crippen molar-refractivity contribution < 1.29 is 19.1 Å². The quantitative estimate of drug-likeness (QED) is 0.801. The first-order chi connectivity index (χ1) is 9.22. The van der Waals surface area contributed by atoms with Gasteiger partial charge in [-0.25, -0.2) is 0 Å². The van der Waals surface area contributed by atoms with Gasteiger partial charge in [0.2, 0.25) is 5.91 Å². The summed E-state index contributed by atoms with van der Waals surface area (Å²) in [6.07, 6.45) is 2.95. The van der Waals surface area contributed by atoms with Crippen LogP contribution < -0.4 is 10.1 Å². The van der Waals surface area contributed by atoms with Crippen molar-refractivity contribution in [1.82, 2.24) is 5.32 Å². The monoisotopic (exact) mass is 261 g/mol. The van der Waals surface area contributed by atoms with E-state index in [-0.39, 0.29) is 19.1 Å². The maximum Gasteiger partial charge on any atom is 0.244 e. The minimum atomic E-state index is -0.271. The molecule has 0 unspecified atom stereocenters. The zero-order chi connectivity index (χ0) is 13.7. The van der Waals surface area contributed by atoms with Crippen LogP contribution in [0.5, 0.6) is 5.75 Å². The van der Waals surface area contributed by atoms with Crippen LogP contribution in [0.15, 0.2) is 34.8 Å². The molecule has 0 saturated carbocycles. The maximum absolute atomic E-state index is 11.3. The molecule has 0 atom stereocenters. The molecule has 0 saturated heterocycles. The molecule has 2 aromatic rings. The van der Waals surface area contributed by atoms with Gasteiger partial charge >= 0.3 is 0 Å². The number of rotatable bonds is 5. The summed E-state index contributed by atoms with van der Waals surface area (Å²) in [6, 6.07) is 7.32. The number of carbonyl (C=O) groups is 1. The fourth-order valence-electron chi connectivity index (χ4n) is 1.65. The number of hydrogen-bond donors (Lipinski definition) is 2. The number of ether oxygens (including phenoxy) is 1. The highest BCUT2D eigenvalue weighted by Crippen LogP contribution is 2.24. The Balaban J connectivity index is 2.13. The summed E-state index contributed by atoms with van der Waals surface area (Å²) in [5.74, 6) is 1.07. The summed E-state index contributed by atoms with van der Waals surface area (Å²) in [4.78, 5) is 11.3. The van der Waals surface area contributed by atoms with Gasteiger partial charge in [-0.15, -0.1) is 0 Å². The fourth-order valence-corrected chi connectivity index (χ4v) is 1.65. The van der Waals surface area contributed by atoms with Crippen LogP contribution in [0.25, 0.3) is 17.0 Å². The predicted molar refractivity (Wildman–Crippen MR) is 71.9 cm³/mol. The topological polar surface area (TPSA) is 71.7 Å². The zero-order valence-electron chi connectivity index (χ0n) is 10.6. The third kappa shape index (κ3) is 3.35. The number of benzene rings is 1. The van der Waals surface area contributed by atoms with Gasteiger partial charge in [0, 0.05) is 18.0 Å². The number of aliphatic hydroxyl groups excluding tert-OH is 1. The van der Waals surface area contributed by atoms with Gasteiger partial charge in [0.1, 0.15) is 17.1 Å². The van der Waals surface area contributed by atoms with Gasteiger partial charge in [-0.2, -0.15) is 0 Å². The van der Waals surface area contributed by atoms with Crippen molar-refractivity contribution >= 4 is 23.0 Å². The normalized spacial score (nSPS) is 11.1. The summed E-state index contributed by atoms with van der Waals surface area (Å²) >= 11 is 0. The van der Waals surface area contributed by atoms with Crippen LogP contribution in [0, 0.1) is 0 Å². The van der Waals surface area contributed by atoms with E-state index in [0.717, 1.165) is 16.7 Å². The van der Waals surface area contributed by atoms with E-state index in [1.807, 2.05) is 24.3 Å². The number of amides is 1. The molecule has 0 bridgehead atoms. The van der Waals surface area contributed by atoms with Crippen molar-refractivity contribution in [3.05, 3.63) is 36.1 Å². The van der Waals surface area contributed by atoms with Crippen LogP contribution in [0.1, 0.15) is 5.76 Å². The Hall–Kier alpha value is -2.27. The number of nitrogens with one attached hydrogen (secondary N) is 1. The summed E-state index contributed by atoms with van der Waals surface area (Å²) in [7, 11) is 1.60. The van der Waals surface area contributed by atoms with E-state index < -0.39 is 0 Å². The molecule has 19 heavy (non-hydrogen) atoms. The minimum Gasteiger partial charge on any atom is -0.497 e. The minimum absolute atomic E-state index is 0.0794. The highest BCUT2D eigenvalue weighted by molar-refractivity contribution is 5.92. The second-order valence-electron chi connectivity index (χ2n) is 3.90. The Labute approximate surface area is 110 Å². The van der Waals surface area contributed by atoms with Crippen molar-refractivity contribution in [3.8, 4) is 5.75 Å². The van der Waals surface area contributed by atoms with Crippen LogP contribution in [-0.2, 0) is 4.79 Å². The predicted octanol–water partition coefficient (Wildman–Crippen LogP) is 1.56. The molecule has 1 heterocycles. The lowest BCUT2D eigenvalue weighted by atomic mass is 10.2. The molecule has 100 valence electrons. The molecule has 1 aromatic carbocycles. The molecule has 0 fully saturated rings. The third-order valence-corrected chi connectivity index (χ3v) is 2.55. The molecule has 0 radical (unpaired) electrons. The summed E-state index contributed by atoms with van der Waals surface area (Å²) in [5, 5.41) is 12.0. The first kappa shape index (κ1) is 13.2. The van der Waals surface area contributed by atoms with Gasteiger partial charge in [-0.05, 0) is 30.3 Å². The van der Waals surface area contributed by atoms with E-state index >= 15 is 0 Å². The lowest BCUT2D eigenvalue weighted by Crippen LogP contribution is -2.24. The second kappa shape index (κ2) is 6.06. The van der Waals surface area contributed by atoms with Crippen LogP contribution >= 0.6 is 0 Å². The van der Waals surface area contributed by atoms with E-state index in [0.29, 0.717) is 5.76 Å². The van der Waals surface area contributed by atoms with Gasteiger partial charge in [-0.3, -0.25) is 4.79 Å². The lowest BCUT2D eigenvalue weighted by Gasteiger charge is -1.96. The molecule has 1 amide bonds. The van der Waals surface area contributed by atoms with E-state index in [1.54, 1.807) is 13.2 Å². The van der Waals surface area contributed by atoms with Gasteiger partial charge in [0.25, 0.3) is 0 Å². The SMILES string of the molecule is COc1ccc2oc(/C=C/C(=O)NCCO)cc2c1. The van der Waals surface area contributed by atoms with Gasteiger partial charge in [-0.1, -0.05) is 0 Å². The first-order valence-electron chi connectivity index (χ1n) is 5.87. The molecule has 2 N–H and O–H groups in total. The van der Waals surface area contributed by atoms with Crippen molar-refractivity contribution in [3.63, 3.8) is 0 Å². The van der Waals surface area contributed by atoms with Gasteiger partial charge < -0.3 is 19.6 Å². The highest BCUT2D eigenvalue weighted by atomic mass is 16.5. The second-order valence-corrected chi connectivity index (χ2v) is 3.90. The van der Waals surface area contributed by atoms with Crippen LogP contribution in [0.4, 0.5) is 0 Å². The van der Waals surface area contributed by atoms with E-state index in [4.69, 9.17) is 14.3 Å². The number of carbonyl (C=O) groups excluding carboxylic acids is 1. The highest BCUT2D eigenvalue weighted by Gasteiger charge is 2.03. The number of methoxy groups -OCH3 is 1. The molecular weight excluding hydrogens is 246 g/mol. The van der Waals surface area contributed by atoms with Crippen molar-refractivity contribution in [2.75, 3.05) is 20.3 Å². The van der Waals surface area contributed by atoms with E-state index in [2.05, 4.69) is 5.32 Å². The third-order valence-electron chi connectivity index (χ3n) is 2.55. The average molecular weight is 261 g/mol. The molecule has 0 aliphatic heterocycles. The van der Waals surface area contributed by atoms with Gasteiger partial charge in [0.15, 0.2) is 0 Å². The number of fused-ring (bicyclic) bond motifs is 1. The van der Waals surface area contributed by atoms with Crippen LogP contribution in [0.3, 0.4) is 0 Å². The summed E-state index contributed by atoms with van der Waals surface area (Å²) < 4.78 is 10.7. The van der Waals surface area contributed by atoms with E-state index in [9.17, 15) is 4.79 Å². The van der Waals surface area contributed by atoms with Crippen LogP contribution in [0.2, 0.25) is 0 Å². The Morgan fingerprint density at radius 3 is 3.05 bits per heavy atom. The standard InChI is InChI=1S/C14H15NO4/c1-18-11-2-4-13-10(8-11)9-12(19-13)3-5-14(17)15-6-7-16/h2-5,8-9,16H,6-7H2,1H3,(H,15,17)/b5-3+. The molecule has 2 rings (SSSR count). The molecule has 0 aliphatic rings. The molecule has 1 aromatic heterocycles. The molecule has 0 aliphatic carbocycles. The van der Waals surface area contributed by atoms with E-state index in [1.165, 1.54) is 6.08 Å². The Morgan fingerprint density at radius 2 is 2.32 bits per heavy atom. The molecular formula is C14H15NO4. The Bertz CT molecular complexity index is 601. The summed E-state index contributed by atoms with van der Waals surface area (Å²) in [6.45, 7) is 0.157. The molecule has 5 heteroatoms. The number of furan rings is 1. The van der Waals surface area contributed by atoms with Crippen molar-refractivity contribution in [2.45, 2.75) is 0 Å². The Morgan fingerprint density at radius 1 is 1.47 bits per heavy atom.